The zero-order chi connectivity index (χ0) is 23.2. The molecule has 1 aliphatic heterocycles. The van der Waals surface area contributed by atoms with Gasteiger partial charge in [0.05, 0.1) is 13.0 Å². The van der Waals surface area contributed by atoms with Crippen molar-refractivity contribution in [1.29, 1.82) is 0 Å². The van der Waals surface area contributed by atoms with Crippen molar-refractivity contribution in [3.8, 4) is 0 Å². The van der Waals surface area contributed by atoms with Crippen LogP contribution in [0.1, 0.15) is 27.0 Å². The van der Waals surface area contributed by atoms with Crippen molar-refractivity contribution in [2.45, 2.75) is 19.9 Å². The summed E-state index contributed by atoms with van der Waals surface area (Å²) in [6, 6.07) is 25.4. The predicted octanol–water partition coefficient (Wildman–Crippen LogP) is 4.16. The molecule has 4 rings (SSSR count). The lowest BCUT2D eigenvalue weighted by Crippen LogP contribution is -2.47. The molecule has 1 heterocycles. The number of amides is 2. The molecule has 0 aromatic heterocycles. The third-order valence-corrected chi connectivity index (χ3v) is 6.15. The molecule has 1 aliphatic rings. The van der Waals surface area contributed by atoms with Gasteiger partial charge in [0.1, 0.15) is 0 Å². The van der Waals surface area contributed by atoms with Crippen LogP contribution < -0.4 is 4.90 Å². The van der Waals surface area contributed by atoms with Gasteiger partial charge in [0.2, 0.25) is 5.91 Å². The number of aryl methyl sites for hydroxylation is 1. The van der Waals surface area contributed by atoms with Gasteiger partial charge in [-0.1, -0.05) is 60.2 Å². The number of benzene rings is 3. The highest BCUT2D eigenvalue weighted by Gasteiger charge is 2.21. The van der Waals surface area contributed by atoms with E-state index in [1.165, 1.54) is 0 Å². The first kappa shape index (κ1) is 22.7. The van der Waals surface area contributed by atoms with E-state index >= 15 is 0 Å². The number of hydrogen-bond donors (Lipinski definition) is 0. The first-order valence-electron chi connectivity index (χ1n) is 11.5. The van der Waals surface area contributed by atoms with Crippen molar-refractivity contribution in [2.24, 2.45) is 0 Å². The van der Waals surface area contributed by atoms with Crippen LogP contribution in [-0.2, 0) is 17.8 Å². The average molecular weight is 442 g/mol. The van der Waals surface area contributed by atoms with Crippen LogP contribution in [0, 0.1) is 6.92 Å². The molecule has 2 amide bonds. The number of piperazine rings is 1. The van der Waals surface area contributed by atoms with Crippen LogP contribution in [0.3, 0.4) is 0 Å². The minimum Gasteiger partial charge on any atom is -0.340 e. The Morgan fingerprint density at radius 2 is 1.52 bits per heavy atom. The van der Waals surface area contributed by atoms with E-state index in [0.717, 1.165) is 48.6 Å². The van der Waals surface area contributed by atoms with E-state index in [-0.39, 0.29) is 11.8 Å². The normalized spacial score (nSPS) is 14.2. The lowest BCUT2D eigenvalue weighted by atomic mass is 10.1. The van der Waals surface area contributed by atoms with Crippen LogP contribution in [0.15, 0.2) is 78.9 Å². The van der Waals surface area contributed by atoms with E-state index < -0.39 is 0 Å². The third-order valence-electron chi connectivity index (χ3n) is 6.15. The van der Waals surface area contributed by atoms with Gasteiger partial charge in [-0.3, -0.25) is 9.59 Å². The van der Waals surface area contributed by atoms with Gasteiger partial charge in [0, 0.05) is 37.4 Å². The van der Waals surface area contributed by atoms with E-state index in [0.29, 0.717) is 18.5 Å². The molecule has 0 radical (unpaired) electrons. The van der Waals surface area contributed by atoms with Crippen molar-refractivity contribution in [3.05, 3.63) is 101 Å². The summed E-state index contributed by atoms with van der Waals surface area (Å²) in [7, 11) is 2.08. The lowest BCUT2D eigenvalue weighted by Gasteiger charge is -2.32. The minimum absolute atomic E-state index is 0.0432. The molecule has 0 saturated carbocycles. The second kappa shape index (κ2) is 10.5. The number of carbonyl (C=O) groups excluding carboxylic acids is 2. The van der Waals surface area contributed by atoms with E-state index in [1.807, 2.05) is 71.6 Å². The van der Waals surface area contributed by atoms with E-state index in [4.69, 9.17) is 0 Å². The molecule has 0 unspecified atom stereocenters. The molecular formula is C28H31N3O2. The highest BCUT2D eigenvalue weighted by Crippen LogP contribution is 2.22. The lowest BCUT2D eigenvalue weighted by molar-refractivity contribution is -0.132. The number of carbonyl (C=O) groups is 2. The number of rotatable bonds is 6. The second-order valence-corrected chi connectivity index (χ2v) is 8.77. The van der Waals surface area contributed by atoms with Crippen LogP contribution in [0.4, 0.5) is 5.69 Å². The van der Waals surface area contributed by atoms with Gasteiger partial charge in [-0.05, 0) is 49.4 Å². The van der Waals surface area contributed by atoms with Crippen molar-refractivity contribution >= 4 is 17.5 Å². The minimum atomic E-state index is -0.0432. The molecule has 0 N–H and O–H groups in total. The fourth-order valence-corrected chi connectivity index (χ4v) is 4.15. The van der Waals surface area contributed by atoms with Crippen LogP contribution in [-0.4, -0.2) is 54.8 Å². The summed E-state index contributed by atoms with van der Waals surface area (Å²) in [5.74, 6) is 0.117. The molecule has 0 atom stereocenters. The topological polar surface area (TPSA) is 43.9 Å². The molecule has 1 fully saturated rings. The van der Waals surface area contributed by atoms with Gasteiger partial charge in [0.15, 0.2) is 0 Å². The highest BCUT2D eigenvalue weighted by atomic mass is 16.2. The van der Waals surface area contributed by atoms with Crippen LogP contribution in [0.5, 0.6) is 0 Å². The Morgan fingerprint density at radius 1 is 0.818 bits per heavy atom. The van der Waals surface area contributed by atoms with Gasteiger partial charge in [-0.2, -0.15) is 0 Å². The average Bonchev–Trinajstić information content (AvgIpc) is 2.84. The maximum atomic E-state index is 13.4. The third kappa shape index (κ3) is 5.88. The van der Waals surface area contributed by atoms with E-state index in [2.05, 4.69) is 31.0 Å². The Labute approximate surface area is 196 Å². The predicted molar refractivity (Wildman–Crippen MR) is 132 cm³/mol. The SMILES string of the molecule is Cc1cccc(CN(C(=O)c2ccccc2)c2ccc(CC(=O)N3CCN(C)CC3)cc2)c1. The molecule has 0 bridgehead atoms. The molecule has 1 saturated heterocycles. The van der Waals surface area contributed by atoms with Crippen molar-refractivity contribution < 1.29 is 9.59 Å². The van der Waals surface area contributed by atoms with Gasteiger partial charge in [-0.25, -0.2) is 0 Å². The van der Waals surface area contributed by atoms with E-state index in [9.17, 15) is 9.59 Å². The van der Waals surface area contributed by atoms with Gasteiger partial charge in [0.25, 0.3) is 5.91 Å². The summed E-state index contributed by atoms with van der Waals surface area (Å²) in [5, 5.41) is 0. The van der Waals surface area contributed by atoms with E-state index in [1.54, 1.807) is 4.90 Å². The quantitative estimate of drug-likeness (QED) is 0.577. The highest BCUT2D eigenvalue weighted by molar-refractivity contribution is 6.06. The molecular weight excluding hydrogens is 410 g/mol. The zero-order valence-corrected chi connectivity index (χ0v) is 19.4. The zero-order valence-electron chi connectivity index (χ0n) is 19.4. The summed E-state index contributed by atoms with van der Waals surface area (Å²) in [5.41, 5.74) is 4.68. The fourth-order valence-electron chi connectivity index (χ4n) is 4.15. The second-order valence-electron chi connectivity index (χ2n) is 8.77. The largest absolute Gasteiger partial charge is 0.340 e. The molecule has 0 spiro atoms. The standard InChI is InChI=1S/C28H31N3O2/c1-22-7-6-8-24(19-22)21-31(28(33)25-9-4-3-5-10-25)26-13-11-23(12-14-26)20-27(32)30-17-15-29(2)16-18-30/h3-14,19H,15-18,20-21H2,1-2H3. The summed E-state index contributed by atoms with van der Waals surface area (Å²) >= 11 is 0. The number of likely N-dealkylation sites (N-methyl/N-ethyl adjacent to an activating group) is 1. The van der Waals surface area contributed by atoms with Gasteiger partial charge in [-0.15, -0.1) is 0 Å². The van der Waals surface area contributed by atoms with Crippen molar-refractivity contribution in [3.63, 3.8) is 0 Å². The fraction of sp³-hybridized carbons (Fsp3) is 0.286. The number of nitrogens with zero attached hydrogens (tertiary/aromatic N) is 3. The number of anilines is 1. The van der Waals surface area contributed by atoms with Crippen LogP contribution in [0.2, 0.25) is 0 Å². The summed E-state index contributed by atoms with van der Waals surface area (Å²) in [6.45, 7) is 5.93. The first-order valence-corrected chi connectivity index (χ1v) is 11.5. The summed E-state index contributed by atoms with van der Waals surface area (Å²) < 4.78 is 0. The summed E-state index contributed by atoms with van der Waals surface area (Å²) in [6.07, 6.45) is 0.383. The first-order chi connectivity index (χ1) is 16.0. The Bertz CT molecular complexity index is 1090. The smallest absolute Gasteiger partial charge is 0.258 e. The molecule has 5 nitrogen and oxygen atoms in total. The Morgan fingerprint density at radius 3 is 2.18 bits per heavy atom. The molecule has 170 valence electrons. The molecule has 5 heteroatoms. The van der Waals surface area contributed by atoms with Gasteiger partial charge < -0.3 is 14.7 Å². The Balaban J connectivity index is 1.52. The Hall–Kier alpha value is -3.44. The Kier molecular flexibility index (Phi) is 7.20. The van der Waals surface area contributed by atoms with Crippen molar-refractivity contribution in [2.75, 3.05) is 38.1 Å². The molecule has 33 heavy (non-hydrogen) atoms. The molecule has 3 aromatic carbocycles. The van der Waals surface area contributed by atoms with Crippen LogP contribution >= 0.6 is 0 Å². The van der Waals surface area contributed by atoms with Crippen molar-refractivity contribution in [1.82, 2.24) is 9.80 Å². The molecule has 0 aliphatic carbocycles. The van der Waals surface area contributed by atoms with Gasteiger partial charge >= 0.3 is 0 Å². The summed E-state index contributed by atoms with van der Waals surface area (Å²) in [4.78, 5) is 32.1. The molecule has 3 aromatic rings. The number of hydrogen-bond acceptors (Lipinski definition) is 3. The maximum absolute atomic E-state index is 13.4. The van der Waals surface area contributed by atoms with Crippen LogP contribution in [0.25, 0.3) is 0 Å². The monoisotopic (exact) mass is 441 g/mol. The maximum Gasteiger partial charge on any atom is 0.258 e.